The maximum absolute atomic E-state index is 9.97. The van der Waals surface area contributed by atoms with Crippen molar-refractivity contribution < 1.29 is 9.84 Å². The van der Waals surface area contributed by atoms with Gasteiger partial charge in [-0.15, -0.1) is 0 Å². The van der Waals surface area contributed by atoms with Crippen LogP contribution < -0.4 is 5.32 Å². The third-order valence-corrected chi connectivity index (χ3v) is 2.89. The van der Waals surface area contributed by atoms with Crippen LogP contribution in [0.15, 0.2) is 24.3 Å². The number of hydrogen-bond acceptors (Lipinski definition) is 3. The summed E-state index contributed by atoms with van der Waals surface area (Å²) in [4.78, 5) is 0. The van der Waals surface area contributed by atoms with E-state index in [2.05, 4.69) is 12.2 Å². The summed E-state index contributed by atoms with van der Waals surface area (Å²) < 4.78 is 5.04. The van der Waals surface area contributed by atoms with Crippen LogP contribution in [0.3, 0.4) is 0 Å². The molecular weight excluding hydrogens is 238 g/mol. The Hall–Kier alpha value is -0.610. The van der Waals surface area contributed by atoms with Crippen LogP contribution in [-0.4, -0.2) is 31.9 Å². The second-order valence-corrected chi connectivity index (χ2v) is 4.66. The molecule has 0 aliphatic carbocycles. The Bertz CT molecular complexity index is 333. The highest BCUT2D eigenvalue weighted by atomic mass is 35.5. The molecule has 0 radical (unpaired) electrons. The van der Waals surface area contributed by atoms with Gasteiger partial charge in [-0.3, -0.25) is 0 Å². The van der Waals surface area contributed by atoms with E-state index in [1.807, 2.05) is 18.2 Å². The number of methoxy groups -OCH3 is 1. The first-order valence-corrected chi connectivity index (χ1v) is 6.15. The quantitative estimate of drug-likeness (QED) is 0.787. The molecule has 0 saturated carbocycles. The van der Waals surface area contributed by atoms with Crippen molar-refractivity contribution in [2.24, 2.45) is 5.92 Å². The van der Waals surface area contributed by atoms with E-state index in [4.69, 9.17) is 16.3 Å². The zero-order valence-corrected chi connectivity index (χ0v) is 11.1. The summed E-state index contributed by atoms with van der Waals surface area (Å²) in [5.41, 5.74) is 0.765. The van der Waals surface area contributed by atoms with Gasteiger partial charge in [-0.1, -0.05) is 36.7 Å². The number of aliphatic hydroxyl groups is 1. The molecule has 2 N–H and O–H groups in total. The van der Waals surface area contributed by atoms with Gasteiger partial charge in [0.05, 0.1) is 6.10 Å². The van der Waals surface area contributed by atoms with Gasteiger partial charge < -0.3 is 15.2 Å². The minimum absolute atomic E-state index is 0.429. The monoisotopic (exact) mass is 257 g/mol. The van der Waals surface area contributed by atoms with Gasteiger partial charge >= 0.3 is 0 Å². The van der Waals surface area contributed by atoms with Crippen molar-refractivity contribution >= 4 is 11.6 Å². The lowest BCUT2D eigenvalue weighted by Gasteiger charge is -2.16. The molecule has 0 amide bonds. The first-order chi connectivity index (χ1) is 8.15. The van der Waals surface area contributed by atoms with Crippen molar-refractivity contribution in [3.8, 4) is 0 Å². The summed E-state index contributed by atoms with van der Waals surface area (Å²) in [5, 5.41) is 13.8. The number of benzene rings is 1. The fraction of sp³-hybridized carbons (Fsp3) is 0.538. The minimum atomic E-state index is -0.571. The molecule has 0 aliphatic rings. The van der Waals surface area contributed by atoms with Crippen LogP contribution in [0.25, 0.3) is 0 Å². The van der Waals surface area contributed by atoms with E-state index >= 15 is 0 Å². The van der Waals surface area contributed by atoms with Crippen molar-refractivity contribution in [3.05, 3.63) is 34.9 Å². The number of ether oxygens (including phenoxy) is 1. The molecule has 2 unspecified atom stereocenters. The van der Waals surface area contributed by atoms with E-state index in [1.54, 1.807) is 13.2 Å². The van der Waals surface area contributed by atoms with Gasteiger partial charge in [-0.2, -0.15) is 0 Å². The van der Waals surface area contributed by atoms with Crippen molar-refractivity contribution in [3.63, 3.8) is 0 Å². The van der Waals surface area contributed by atoms with Gasteiger partial charge in [0.25, 0.3) is 0 Å². The number of halogens is 1. The molecule has 1 aromatic carbocycles. The molecule has 0 fully saturated rings. The van der Waals surface area contributed by atoms with Crippen LogP contribution in [-0.2, 0) is 4.74 Å². The first-order valence-electron chi connectivity index (χ1n) is 5.77. The van der Waals surface area contributed by atoms with Crippen LogP contribution >= 0.6 is 11.6 Å². The third kappa shape index (κ3) is 5.04. The smallest absolute Gasteiger partial charge is 0.0928 e. The summed E-state index contributed by atoms with van der Waals surface area (Å²) in [6.45, 7) is 4.13. The lowest BCUT2D eigenvalue weighted by Crippen LogP contribution is -2.28. The molecule has 96 valence electrons. The fourth-order valence-electron chi connectivity index (χ4n) is 1.67. The predicted molar refractivity (Wildman–Crippen MR) is 70.3 cm³/mol. The average Bonchev–Trinajstić information content (AvgIpc) is 2.29. The maximum Gasteiger partial charge on any atom is 0.0928 e. The summed E-state index contributed by atoms with van der Waals surface area (Å²) in [5.74, 6) is 0.429. The molecule has 0 aliphatic heterocycles. The number of nitrogens with one attached hydrogen (secondary N) is 1. The number of aliphatic hydroxyl groups excluding tert-OH is 1. The standard InChI is InChI=1S/C13H20ClNO2/c1-10(9-17-2)7-15-8-13(16)11-5-3-4-6-12(11)14/h3-6,10,13,15-16H,7-9H2,1-2H3. The van der Waals surface area contributed by atoms with Gasteiger partial charge in [-0.05, 0) is 12.0 Å². The molecular formula is C13H20ClNO2. The summed E-state index contributed by atoms with van der Waals surface area (Å²) >= 11 is 6.00. The molecule has 1 aromatic rings. The normalized spacial score (nSPS) is 14.6. The van der Waals surface area contributed by atoms with Gasteiger partial charge in [0.15, 0.2) is 0 Å². The molecule has 2 atom stereocenters. The second-order valence-electron chi connectivity index (χ2n) is 4.26. The fourth-order valence-corrected chi connectivity index (χ4v) is 1.93. The van der Waals surface area contributed by atoms with Crippen LogP contribution in [0.1, 0.15) is 18.6 Å². The zero-order valence-electron chi connectivity index (χ0n) is 10.3. The molecule has 4 heteroatoms. The van der Waals surface area contributed by atoms with Crippen molar-refractivity contribution in [2.45, 2.75) is 13.0 Å². The molecule has 0 aromatic heterocycles. The van der Waals surface area contributed by atoms with E-state index < -0.39 is 6.10 Å². The first kappa shape index (κ1) is 14.5. The van der Waals surface area contributed by atoms with Crippen molar-refractivity contribution in [2.75, 3.05) is 26.8 Å². The van der Waals surface area contributed by atoms with Crippen LogP contribution in [0, 0.1) is 5.92 Å². The predicted octanol–water partition coefficient (Wildman–Crippen LogP) is 2.25. The van der Waals surface area contributed by atoms with Crippen LogP contribution in [0.5, 0.6) is 0 Å². The summed E-state index contributed by atoms with van der Waals surface area (Å²) in [6, 6.07) is 7.35. The van der Waals surface area contributed by atoms with E-state index in [-0.39, 0.29) is 0 Å². The Morgan fingerprint density at radius 3 is 2.71 bits per heavy atom. The Balaban J connectivity index is 2.35. The SMILES string of the molecule is COCC(C)CNCC(O)c1ccccc1Cl. The van der Waals surface area contributed by atoms with Gasteiger partial charge in [0.1, 0.15) is 0 Å². The van der Waals surface area contributed by atoms with Crippen LogP contribution in [0.4, 0.5) is 0 Å². The van der Waals surface area contributed by atoms with Gasteiger partial charge in [0.2, 0.25) is 0 Å². The lowest BCUT2D eigenvalue weighted by atomic mass is 10.1. The third-order valence-electron chi connectivity index (χ3n) is 2.55. The number of hydrogen-bond donors (Lipinski definition) is 2. The summed E-state index contributed by atoms with van der Waals surface area (Å²) in [7, 11) is 1.69. The van der Waals surface area contributed by atoms with E-state index in [0.29, 0.717) is 17.5 Å². The van der Waals surface area contributed by atoms with E-state index in [1.165, 1.54) is 0 Å². The Morgan fingerprint density at radius 1 is 1.35 bits per heavy atom. The topological polar surface area (TPSA) is 41.5 Å². The Morgan fingerprint density at radius 2 is 2.06 bits per heavy atom. The van der Waals surface area contributed by atoms with E-state index in [9.17, 15) is 5.11 Å². The maximum atomic E-state index is 9.97. The molecule has 1 rings (SSSR count). The van der Waals surface area contributed by atoms with Gasteiger partial charge in [-0.25, -0.2) is 0 Å². The highest BCUT2D eigenvalue weighted by molar-refractivity contribution is 6.31. The molecule has 0 heterocycles. The number of rotatable bonds is 7. The second kappa shape index (κ2) is 7.67. The van der Waals surface area contributed by atoms with Crippen molar-refractivity contribution in [1.82, 2.24) is 5.32 Å². The highest BCUT2D eigenvalue weighted by Crippen LogP contribution is 2.21. The summed E-state index contributed by atoms with van der Waals surface area (Å²) in [6.07, 6.45) is -0.571. The average molecular weight is 258 g/mol. The Labute approximate surface area is 108 Å². The van der Waals surface area contributed by atoms with Crippen LogP contribution in [0.2, 0.25) is 5.02 Å². The van der Waals surface area contributed by atoms with Crippen molar-refractivity contribution in [1.29, 1.82) is 0 Å². The molecule has 0 spiro atoms. The van der Waals surface area contributed by atoms with E-state index in [0.717, 1.165) is 18.7 Å². The Kier molecular flexibility index (Phi) is 6.52. The molecule has 0 bridgehead atoms. The highest BCUT2D eigenvalue weighted by Gasteiger charge is 2.10. The largest absolute Gasteiger partial charge is 0.387 e. The zero-order chi connectivity index (χ0) is 12.7. The molecule has 17 heavy (non-hydrogen) atoms. The molecule has 0 saturated heterocycles. The molecule has 3 nitrogen and oxygen atoms in total. The minimum Gasteiger partial charge on any atom is -0.387 e. The van der Waals surface area contributed by atoms with Gasteiger partial charge in [0, 0.05) is 37.4 Å². The lowest BCUT2D eigenvalue weighted by molar-refractivity contribution is 0.147.